The predicted octanol–water partition coefficient (Wildman–Crippen LogP) is 6.52. The van der Waals surface area contributed by atoms with Gasteiger partial charge in [-0.1, -0.05) is 76.4 Å². The second-order valence-corrected chi connectivity index (χ2v) is 8.82. The summed E-state index contributed by atoms with van der Waals surface area (Å²) in [5, 5.41) is 2.24. The maximum atomic E-state index is 6.45. The van der Waals surface area contributed by atoms with Crippen LogP contribution in [0.3, 0.4) is 0 Å². The number of rotatable bonds is 15. The summed E-state index contributed by atoms with van der Waals surface area (Å²) in [5.74, 6) is 0.835. The van der Waals surface area contributed by atoms with Crippen molar-refractivity contribution >= 4 is 10.8 Å². The highest BCUT2D eigenvalue weighted by Crippen LogP contribution is 2.31. The summed E-state index contributed by atoms with van der Waals surface area (Å²) in [7, 11) is 0. The van der Waals surface area contributed by atoms with Crippen molar-refractivity contribution in [3.63, 3.8) is 0 Å². The second-order valence-electron chi connectivity index (χ2n) is 8.82. The molecule has 0 amide bonds. The van der Waals surface area contributed by atoms with Gasteiger partial charge in [-0.2, -0.15) is 0 Å². The van der Waals surface area contributed by atoms with E-state index in [0.717, 1.165) is 68.3 Å². The van der Waals surface area contributed by atoms with Gasteiger partial charge >= 0.3 is 0 Å². The molecule has 1 saturated heterocycles. The molecule has 0 bridgehead atoms. The van der Waals surface area contributed by atoms with E-state index >= 15 is 0 Å². The van der Waals surface area contributed by atoms with Gasteiger partial charge in [0, 0.05) is 31.6 Å². The molecular formula is C28H42O5. The summed E-state index contributed by atoms with van der Waals surface area (Å²) in [6.45, 7) is 9.17. The molecule has 33 heavy (non-hydrogen) atoms. The van der Waals surface area contributed by atoms with Crippen molar-refractivity contribution in [1.82, 2.24) is 0 Å². The lowest BCUT2D eigenvalue weighted by Gasteiger charge is -2.41. The molecule has 1 fully saturated rings. The van der Waals surface area contributed by atoms with Crippen LogP contribution in [0.1, 0.15) is 65.7 Å². The summed E-state index contributed by atoms with van der Waals surface area (Å²) in [4.78, 5) is 0. The van der Waals surface area contributed by atoms with Crippen LogP contribution in [0.15, 0.2) is 42.5 Å². The molecule has 0 N–H and O–H groups in total. The van der Waals surface area contributed by atoms with Gasteiger partial charge in [0.15, 0.2) is 0 Å². The van der Waals surface area contributed by atoms with Gasteiger partial charge < -0.3 is 23.7 Å². The Morgan fingerprint density at radius 3 is 2.30 bits per heavy atom. The van der Waals surface area contributed by atoms with E-state index in [0.29, 0.717) is 19.6 Å². The molecule has 4 atom stereocenters. The number of ether oxygens (including phenoxy) is 5. The van der Waals surface area contributed by atoms with E-state index in [9.17, 15) is 0 Å². The van der Waals surface area contributed by atoms with Gasteiger partial charge in [-0.15, -0.1) is 0 Å². The van der Waals surface area contributed by atoms with Crippen molar-refractivity contribution in [2.24, 2.45) is 0 Å². The maximum absolute atomic E-state index is 6.45. The third-order valence-electron chi connectivity index (χ3n) is 6.05. The first-order chi connectivity index (χ1) is 16.3. The van der Waals surface area contributed by atoms with Crippen LogP contribution < -0.4 is 4.74 Å². The van der Waals surface area contributed by atoms with Crippen molar-refractivity contribution < 1.29 is 23.7 Å². The summed E-state index contributed by atoms with van der Waals surface area (Å²) in [6.07, 6.45) is 6.18. The van der Waals surface area contributed by atoms with Crippen LogP contribution in [0.5, 0.6) is 5.75 Å². The average Bonchev–Trinajstić information content (AvgIpc) is 2.84. The van der Waals surface area contributed by atoms with Gasteiger partial charge in [0.2, 0.25) is 6.29 Å². The second kappa shape index (κ2) is 14.6. The molecule has 1 heterocycles. The number of unbranched alkanes of at least 4 members (excludes halogenated alkanes) is 3. The van der Waals surface area contributed by atoms with E-state index in [1.165, 1.54) is 0 Å². The maximum Gasteiger partial charge on any atom is 0.202 e. The first-order valence-corrected chi connectivity index (χ1v) is 12.9. The minimum atomic E-state index is -0.409. The molecule has 2 aromatic carbocycles. The van der Waals surface area contributed by atoms with Gasteiger partial charge in [-0.05, 0) is 30.7 Å². The minimum Gasteiger partial charge on any atom is -0.464 e. The largest absolute Gasteiger partial charge is 0.464 e. The lowest BCUT2D eigenvalue weighted by molar-refractivity contribution is -0.253. The van der Waals surface area contributed by atoms with Crippen molar-refractivity contribution in [1.29, 1.82) is 0 Å². The number of benzene rings is 2. The predicted molar refractivity (Wildman–Crippen MR) is 133 cm³/mol. The molecule has 2 aromatic rings. The summed E-state index contributed by atoms with van der Waals surface area (Å²) < 4.78 is 31.5. The number of hydrogen-bond acceptors (Lipinski definition) is 5. The molecule has 184 valence electrons. The summed E-state index contributed by atoms with van der Waals surface area (Å²) >= 11 is 0. The van der Waals surface area contributed by atoms with E-state index in [-0.39, 0.29) is 18.3 Å². The van der Waals surface area contributed by atoms with Crippen molar-refractivity contribution in [3.05, 3.63) is 42.5 Å². The fourth-order valence-corrected chi connectivity index (χ4v) is 4.11. The van der Waals surface area contributed by atoms with Crippen LogP contribution in [-0.2, 0) is 18.9 Å². The molecule has 0 aliphatic carbocycles. The average molecular weight is 459 g/mol. The Kier molecular flexibility index (Phi) is 11.5. The Balaban J connectivity index is 1.75. The fourth-order valence-electron chi connectivity index (χ4n) is 4.11. The van der Waals surface area contributed by atoms with Crippen molar-refractivity contribution in [2.75, 3.05) is 26.4 Å². The van der Waals surface area contributed by atoms with E-state index in [1.807, 2.05) is 24.3 Å². The third-order valence-corrected chi connectivity index (χ3v) is 6.05. The molecule has 3 rings (SSSR count). The third kappa shape index (κ3) is 7.96. The highest BCUT2D eigenvalue weighted by Gasteiger charge is 2.41. The minimum absolute atomic E-state index is 0.0816. The van der Waals surface area contributed by atoms with Gasteiger partial charge in [-0.25, -0.2) is 0 Å². The van der Waals surface area contributed by atoms with Crippen LogP contribution in [-0.4, -0.2) is 51.0 Å². The molecule has 0 saturated carbocycles. The Labute approximate surface area is 199 Å². The monoisotopic (exact) mass is 458 g/mol. The zero-order chi connectivity index (χ0) is 23.3. The van der Waals surface area contributed by atoms with Gasteiger partial charge in [-0.3, -0.25) is 0 Å². The van der Waals surface area contributed by atoms with E-state index in [2.05, 4.69) is 39.0 Å². The zero-order valence-electron chi connectivity index (χ0n) is 20.7. The Morgan fingerprint density at radius 2 is 1.52 bits per heavy atom. The van der Waals surface area contributed by atoms with Crippen LogP contribution in [0, 0.1) is 0 Å². The van der Waals surface area contributed by atoms with Crippen LogP contribution >= 0.6 is 0 Å². The normalized spacial score (nSPS) is 23.1. The Hall–Kier alpha value is -1.66. The van der Waals surface area contributed by atoms with Gasteiger partial charge in [0.05, 0.1) is 12.7 Å². The molecule has 0 spiro atoms. The van der Waals surface area contributed by atoms with Crippen molar-refractivity contribution in [3.8, 4) is 5.75 Å². The fraction of sp³-hybridized carbons (Fsp3) is 0.643. The highest BCUT2D eigenvalue weighted by atomic mass is 16.7. The molecule has 1 unspecified atom stereocenters. The van der Waals surface area contributed by atoms with Crippen LogP contribution in [0.25, 0.3) is 10.8 Å². The molecular weight excluding hydrogens is 416 g/mol. The molecule has 0 radical (unpaired) electrons. The molecule has 1 aliphatic heterocycles. The first kappa shape index (κ1) is 26.0. The molecule has 0 aromatic heterocycles. The lowest BCUT2D eigenvalue weighted by atomic mass is 10.0. The van der Waals surface area contributed by atoms with E-state index in [1.54, 1.807) is 0 Å². The standard InChI is InChI=1S/C28H42O5/c1-4-7-17-29-21-26-28(31-19-9-6-3)25(30-18-8-5-2)20-27(33-26)32-24-16-12-14-22-13-10-11-15-23(22)24/h10-16,25-28H,4-9,17-21H2,1-3H3/t25-,26?,27-,28+/m1/s1. The zero-order valence-corrected chi connectivity index (χ0v) is 20.7. The SMILES string of the molecule is CCCCOCC1O[C@@H](Oc2cccc3ccccc23)C[C@@H](OCCCC)[C@@H]1OCCCC. The van der Waals surface area contributed by atoms with E-state index < -0.39 is 6.29 Å². The molecule has 1 aliphatic rings. The van der Waals surface area contributed by atoms with Crippen LogP contribution in [0.2, 0.25) is 0 Å². The quantitative estimate of drug-likeness (QED) is 0.284. The summed E-state index contributed by atoms with van der Waals surface area (Å²) in [6, 6.07) is 14.4. The number of hydrogen-bond donors (Lipinski definition) is 0. The first-order valence-electron chi connectivity index (χ1n) is 12.9. The van der Waals surface area contributed by atoms with Gasteiger partial charge in [0.1, 0.15) is 18.0 Å². The summed E-state index contributed by atoms with van der Waals surface area (Å²) in [5.41, 5.74) is 0. The van der Waals surface area contributed by atoms with E-state index in [4.69, 9.17) is 23.7 Å². The van der Waals surface area contributed by atoms with Crippen LogP contribution in [0.4, 0.5) is 0 Å². The molecule has 5 heteroatoms. The van der Waals surface area contributed by atoms with Gasteiger partial charge in [0.25, 0.3) is 0 Å². The molecule has 5 nitrogen and oxygen atoms in total. The smallest absolute Gasteiger partial charge is 0.202 e. The highest BCUT2D eigenvalue weighted by molar-refractivity contribution is 5.88. The van der Waals surface area contributed by atoms with Crippen molar-refractivity contribution in [2.45, 2.75) is 90.3 Å². The topological polar surface area (TPSA) is 46.2 Å². The lowest BCUT2D eigenvalue weighted by Crippen LogP contribution is -2.54. The number of fused-ring (bicyclic) bond motifs is 1. The Bertz CT molecular complexity index is 789. The Morgan fingerprint density at radius 1 is 0.818 bits per heavy atom.